The number of carboxylic acids is 1. The molecule has 25 heavy (non-hydrogen) atoms. The molecule has 0 aliphatic carbocycles. The molecule has 1 heterocycles. The molecule has 3 nitrogen and oxygen atoms in total. The van der Waals surface area contributed by atoms with Gasteiger partial charge in [0.2, 0.25) is 0 Å². The zero-order chi connectivity index (χ0) is 17.5. The number of carbonyl (C=O) groups is 1. The van der Waals surface area contributed by atoms with E-state index in [4.69, 9.17) is 5.11 Å². The highest BCUT2D eigenvalue weighted by molar-refractivity contribution is 5.79. The molecule has 0 unspecified atom stereocenters. The molecule has 1 aliphatic rings. The van der Waals surface area contributed by atoms with Crippen LogP contribution in [-0.2, 0) is 4.79 Å². The molecule has 130 valence electrons. The Bertz CT molecular complexity index is 660. The molecule has 0 radical (unpaired) electrons. The highest BCUT2D eigenvalue weighted by Crippen LogP contribution is 2.25. The van der Waals surface area contributed by atoms with Gasteiger partial charge in [-0.05, 0) is 42.4 Å². The molecule has 0 aromatic heterocycles. The first-order chi connectivity index (χ1) is 12.2. The monoisotopic (exact) mass is 335 g/mol. The van der Waals surface area contributed by atoms with Crippen LogP contribution in [0.3, 0.4) is 0 Å². The fourth-order valence-corrected chi connectivity index (χ4v) is 3.44. The van der Waals surface area contributed by atoms with Gasteiger partial charge in [-0.2, -0.15) is 0 Å². The molecule has 2 aromatic carbocycles. The molecule has 2 atom stereocenters. The summed E-state index contributed by atoms with van der Waals surface area (Å²) >= 11 is 0. The van der Waals surface area contributed by atoms with Crippen LogP contribution in [-0.4, -0.2) is 23.7 Å². The van der Waals surface area contributed by atoms with Crippen LogP contribution in [0.2, 0.25) is 0 Å². The van der Waals surface area contributed by atoms with Gasteiger partial charge in [-0.3, -0.25) is 4.79 Å². The largest absolute Gasteiger partial charge is 0.481 e. The fourth-order valence-electron chi connectivity index (χ4n) is 3.44. The van der Waals surface area contributed by atoms with Crippen molar-refractivity contribution in [3.63, 3.8) is 0 Å². The molecular weight excluding hydrogens is 310 g/mol. The van der Waals surface area contributed by atoms with Gasteiger partial charge >= 0.3 is 5.97 Å². The van der Waals surface area contributed by atoms with Crippen molar-refractivity contribution in [2.45, 2.75) is 31.7 Å². The van der Waals surface area contributed by atoms with Crippen LogP contribution in [0.25, 0.3) is 5.57 Å². The van der Waals surface area contributed by atoms with Gasteiger partial charge in [0.1, 0.15) is 0 Å². The maximum absolute atomic E-state index is 11.0. The van der Waals surface area contributed by atoms with Crippen molar-refractivity contribution >= 4 is 11.5 Å². The second-order valence-corrected chi connectivity index (χ2v) is 6.64. The van der Waals surface area contributed by atoms with E-state index in [0.717, 1.165) is 25.7 Å². The third-order valence-corrected chi connectivity index (χ3v) is 4.90. The molecule has 0 bridgehead atoms. The van der Waals surface area contributed by atoms with E-state index in [-0.39, 0.29) is 5.92 Å². The predicted molar refractivity (Wildman–Crippen MR) is 101 cm³/mol. The number of carboxylic acid groups (broad SMARTS) is 1. The molecule has 1 fully saturated rings. The lowest BCUT2D eigenvalue weighted by molar-refractivity contribution is -0.142. The maximum atomic E-state index is 11.0. The molecule has 1 aliphatic heterocycles. The molecule has 2 aromatic rings. The van der Waals surface area contributed by atoms with Gasteiger partial charge in [-0.1, -0.05) is 66.7 Å². The van der Waals surface area contributed by atoms with Crippen molar-refractivity contribution in [1.29, 1.82) is 0 Å². The predicted octanol–water partition coefficient (Wildman–Crippen LogP) is 4.35. The quantitative estimate of drug-likeness (QED) is 0.825. The Morgan fingerprint density at radius 2 is 1.60 bits per heavy atom. The number of piperidine rings is 1. The van der Waals surface area contributed by atoms with Crippen molar-refractivity contribution in [2.75, 3.05) is 6.54 Å². The third kappa shape index (κ3) is 4.80. The summed E-state index contributed by atoms with van der Waals surface area (Å²) in [4.78, 5) is 11.0. The lowest BCUT2D eigenvalue weighted by Crippen LogP contribution is -2.41. The van der Waals surface area contributed by atoms with Crippen LogP contribution in [0.1, 0.15) is 36.8 Å². The Kier molecular flexibility index (Phi) is 6.02. The van der Waals surface area contributed by atoms with E-state index >= 15 is 0 Å². The summed E-state index contributed by atoms with van der Waals surface area (Å²) in [6.07, 6.45) is 6.05. The minimum Gasteiger partial charge on any atom is -0.481 e. The summed E-state index contributed by atoms with van der Waals surface area (Å²) in [5, 5.41) is 12.5. The van der Waals surface area contributed by atoms with E-state index in [1.807, 2.05) is 12.1 Å². The van der Waals surface area contributed by atoms with Crippen LogP contribution in [0.4, 0.5) is 0 Å². The second kappa shape index (κ2) is 8.63. The molecule has 3 heteroatoms. The minimum atomic E-state index is -0.679. The summed E-state index contributed by atoms with van der Waals surface area (Å²) in [5.74, 6) is -0.905. The number of benzene rings is 2. The molecular formula is C22H25NO2. The number of nitrogens with one attached hydrogen (secondary N) is 1. The van der Waals surface area contributed by atoms with Crippen LogP contribution in [0.5, 0.6) is 0 Å². The van der Waals surface area contributed by atoms with E-state index in [1.54, 1.807) is 0 Å². The first-order valence-corrected chi connectivity index (χ1v) is 9.01. The van der Waals surface area contributed by atoms with Crippen LogP contribution < -0.4 is 5.32 Å². The Labute approximate surface area is 149 Å². The average molecular weight is 335 g/mol. The number of hydrogen-bond acceptors (Lipinski definition) is 2. The molecule has 2 N–H and O–H groups in total. The molecule has 0 saturated carbocycles. The number of allylic oxidation sites excluding steroid dienone is 1. The van der Waals surface area contributed by atoms with E-state index < -0.39 is 5.97 Å². The highest BCUT2D eigenvalue weighted by Gasteiger charge is 2.24. The smallest absolute Gasteiger partial charge is 0.307 e. The highest BCUT2D eigenvalue weighted by atomic mass is 16.4. The summed E-state index contributed by atoms with van der Waals surface area (Å²) in [7, 11) is 0. The van der Waals surface area contributed by atoms with E-state index in [2.05, 4.69) is 59.9 Å². The normalized spacial score (nSPS) is 20.0. The Morgan fingerprint density at radius 1 is 1.00 bits per heavy atom. The van der Waals surface area contributed by atoms with Gasteiger partial charge in [0, 0.05) is 12.6 Å². The van der Waals surface area contributed by atoms with Gasteiger partial charge in [-0.25, -0.2) is 0 Å². The molecule has 0 amide bonds. The zero-order valence-electron chi connectivity index (χ0n) is 14.4. The fraction of sp³-hybridized carbons (Fsp3) is 0.318. The van der Waals surface area contributed by atoms with Crippen LogP contribution in [0, 0.1) is 5.92 Å². The molecule has 0 spiro atoms. The van der Waals surface area contributed by atoms with Crippen molar-refractivity contribution in [3.05, 3.63) is 77.9 Å². The summed E-state index contributed by atoms with van der Waals surface area (Å²) in [5.41, 5.74) is 3.73. The van der Waals surface area contributed by atoms with Crippen LogP contribution >= 0.6 is 0 Å². The number of aliphatic carboxylic acids is 1. The zero-order valence-corrected chi connectivity index (χ0v) is 14.4. The number of rotatable bonds is 6. The standard InChI is InChI=1S/C22H25NO2/c24-22(25)19-14-15-20(23-16-19)12-7-13-21(17-8-3-1-4-9-17)18-10-5-2-6-11-18/h1-6,8-11,13,19-20,23H,7,12,14-16H2,(H,24,25)/t19-,20-/m1/s1. The van der Waals surface area contributed by atoms with Gasteiger partial charge < -0.3 is 10.4 Å². The van der Waals surface area contributed by atoms with Crippen molar-refractivity contribution < 1.29 is 9.90 Å². The molecule has 3 rings (SSSR count). The van der Waals surface area contributed by atoms with Crippen molar-refractivity contribution in [3.8, 4) is 0 Å². The minimum absolute atomic E-state index is 0.226. The van der Waals surface area contributed by atoms with Gasteiger partial charge in [0.05, 0.1) is 5.92 Å². The van der Waals surface area contributed by atoms with Crippen molar-refractivity contribution in [1.82, 2.24) is 5.32 Å². The molecule has 1 saturated heterocycles. The maximum Gasteiger partial charge on any atom is 0.307 e. The topological polar surface area (TPSA) is 49.3 Å². The average Bonchev–Trinajstić information content (AvgIpc) is 2.67. The van der Waals surface area contributed by atoms with Crippen LogP contribution in [0.15, 0.2) is 66.7 Å². The first kappa shape index (κ1) is 17.4. The summed E-state index contributed by atoms with van der Waals surface area (Å²) in [6, 6.07) is 21.4. The number of hydrogen-bond donors (Lipinski definition) is 2. The lowest BCUT2D eigenvalue weighted by atomic mass is 9.91. The summed E-state index contributed by atoms with van der Waals surface area (Å²) in [6.45, 7) is 0.591. The SMILES string of the molecule is O=C(O)[C@@H]1CC[C@@H](CCC=C(c2ccccc2)c2ccccc2)NC1. The van der Waals surface area contributed by atoms with E-state index in [0.29, 0.717) is 12.6 Å². The Morgan fingerprint density at radius 3 is 2.08 bits per heavy atom. The third-order valence-electron chi connectivity index (χ3n) is 4.90. The van der Waals surface area contributed by atoms with E-state index in [1.165, 1.54) is 16.7 Å². The summed E-state index contributed by atoms with van der Waals surface area (Å²) < 4.78 is 0. The van der Waals surface area contributed by atoms with Gasteiger partial charge in [0.25, 0.3) is 0 Å². The van der Waals surface area contributed by atoms with Gasteiger partial charge in [-0.15, -0.1) is 0 Å². The first-order valence-electron chi connectivity index (χ1n) is 9.01. The van der Waals surface area contributed by atoms with E-state index in [9.17, 15) is 4.79 Å². The van der Waals surface area contributed by atoms with Gasteiger partial charge in [0.15, 0.2) is 0 Å². The lowest BCUT2D eigenvalue weighted by Gasteiger charge is -2.27. The Balaban J connectivity index is 1.65. The van der Waals surface area contributed by atoms with Crippen molar-refractivity contribution in [2.24, 2.45) is 5.92 Å². The Hall–Kier alpha value is -2.39. The second-order valence-electron chi connectivity index (χ2n) is 6.64.